The number of methoxy groups -OCH3 is 1. The lowest BCUT2D eigenvalue weighted by atomic mass is 10.0. The smallest absolute Gasteiger partial charge is 0.124 e. The van der Waals surface area contributed by atoms with Gasteiger partial charge in [-0.1, -0.05) is 37.3 Å². The van der Waals surface area contributed by atoms with Gasteiger partial charge in [0.05, 0.1) is 13.2 Å². The summed E-state index contributed by atoms with van der Waals surface area (Å²) in [5.74, 6) is 0.975. The highest BCUT2D eigenvalue weighted by atomic mass is 16.5. The van der Waals surface area contributed by atoms with E-state index in [-0.39, 0.29) is 0 Å². The summed E-state index contributed by atoms with van der Waals surface area (Å²) in [7, 11) is 1.72. The van der Waals surface area contributed by atoms with Gasteiger partial charge in [0.1, 0.15) is 5.75 Å². The molecule has 2 heteroatoms. The predicted octanol–water partition coefficient (Wildman–Crippen LogP) is 4.88. The second-order valence-electron chi connectivity index (χ2n) is 5.16. The summed E-state index contributed by atoms with van der Waals surface area (Å²) < 4.78 is 5.42. The lowest BCUT2D eigenvalue weighted by molar-refractivity contribution is 0.408. The summed E-state index contributed by atoms with van der Waals surface area (Å²) in [4.78, 5) is 0. The maximum absolute atomic E-state index is 5.42. The first-order valence-electron chi connectivity index (χ1n) is 7.12. The monoisotopic (exact) mass is 269 g/mol. The minimum absolute atomic E-state index is 0.336. The van der Waals surface area contributed by atoms with Crippen LogP contribution in [0.5, 0.6) is 5.75 Å². The van der Waals surface area contributed by atoms with E-state index in [4.69, 9.17) is 4.74 Å². The zero-order valence-corrected chi connectivity index (χ0v) is 12.7. The van der Waals surface area contributed by atoms with E-state index in [0.29, 0.717) is 6.04 Å². The van der Waals surface area contributed by atoms with Gasteiger partial charge in [0.2, 0.25) is 0 Å². The molecule has 1 atom stereocenters. The van der Waals surface area contributed by atoms with Crippen LogP contribution in [0.25, 0.3) is 0 Å². The fourth-order valence-electron chi connectivity index (χ4n) is 2.66. The number of anilines is 1. The van der Waals surface area contributed by atoms with Crippen molar-refractivity contribution in [3.05, 3.63) is 59.2 Å². The minimum atomic E-state index is 0.336. The van der Waals surface area contributed by atoms with E-state index in [0.717, 1.165) is 29.0 Å². The Kier molecular flexibility index (Phi) is 4.67. The highest BCUT2D eigenvalue weighted by molar-refractivity contribution is 5.56. The van der Waals surface area contributed by atoms with Gasteiger partial charge < -0.3 is 10.1 Å². The second kappa shape index (κ2) is 6.47. The molecule has 0 fully saturated rings. The number of nitrogens with one attached hydrogen (secondary N) is 1. The summed E-state index contributed by atoms with van der Waals surface area (Å²) >= 11 is 0. The number of benzene rings is 2. The van der Waals surface area contributed by atoms with Crippen LogP contribution in [-0.4, -0.2) is 7.11 Å². The fourth-order valence-corrected chi connectivity index (χ4v) is 2.66. The molecule has 20 heavy (non-hydrogen) atoms. The molecule has 2 rings (SSSR count). The van der Waals surface area contributed by atoms with E-state index in [1.54, 1.807) is 7.11 Å². The molecule has 2 aromatic carbocycles. The summed E-state index contributed by atoms with van der Waals surface area (Å²) in [5.41, 5.74) is 4.80. The van der Waals surface area contributed by atoms with Crippen molar-refractivity contribution in [2.45, 2.75) is 33.2 Å². The largest absolute Gasteiger partial charge is 0.496 e. The van der Waals surface area contributed by atoms with Gasteiger partial charge in [-0.2, -0.15) is 0 Å². The second-order valence-corrected chi connectivity index (χ2v) is 5.16. The van der Waals surface area contributed by atoms with Crippen molar-refractivity contribution in [1.82, 2.24) is 0 Å². The van der Waals surface area contributed by atoms with E-state index >= 15 is 0 Å². The molecule has 0 aliphatic carbocycles. The van der Waals surface area contributed by atoms with E-state index in [1.807, 2.05) is 0 Å². The van der Waals surface area contributed by atoms with Crippen LogP contribution in [0.1, 0.15) is 36.1 Å². The molecular weight excluding hydrogens is 246 g/mol. The lowest BCUT2D eigenvalue weighted by Gasteiger charge is -2.20. The Labute approximate surface area is 121 Å². The number of hydrogen-bond acceptors (Lipinski definition) is 2. The predicted molar refractivity (Wildman–Crippen MR) is 85.6 cm³/mol. The van der Waals surface area contributed by atoms with E-state index in [2.05, 4.69) is 68.6 Å². The van der Waals surface area contributed by atoms with Crippen LogP contribution in [0, 0.1) is 13.8 Å². The topological polar surface area (TPSA) is 21.3 Å². The Morgan fingerprint density at radius 2 is 1.65 bits per heavy atom. The molecule has 0 amide bonds. The molecule has 0 aliphatic heterocycles. The molecule has 106 valence electrons. The van der Waals surface area contributed by atoms with Gasteiger partial charge in [0, 0.05) is 5.69 Å². The van der Waals surface area contributed by atoms with Gasteiger partial charge in [-0.3, -0.25) is 0 Å². The summed E-state index contributed by atoms with van der Waals surface area (Å²) in [6, 6.07) is 15.2. The molecule has 0 radical (unpaired) electrons. The Balaban J connectivity index is 2.24. The molecule has 0 aliphatic rings. The summed E-state index contributed by atoms with van der Waals surface area (Å²) in [5, 5.41) is 3.62. The standard InChI is InChI=1S/C18H23NO/c1-5-17(15-9-7-6-8-10-15)19-16-11-13(2)18(20-4)14(3)12-16/h6-12,17,19H,5H2,1-4H3/t17-/m1/s1. The van der Waals surface area contributed by atoms with Crippen molar-refractivity contribution in [2.24, 2.45) is 0 Å². The van der Waals surface area contributed by atoms with Crippen LogP contribution in [0.4, 0.5) is 5.69 Å². The van der Waals surface area contributed by atoms with Gasteiger partial charge in [-0.25, -0.2) is 0 Å². The Hall–Kier alpha value is -1.96. The van der Waals surface area contributed by atoms with E-state index in [1.165, 1.54) is 5.56 Å². The van der Waals surface area contributed by atoms with Crippen LogP contribution >= 0.6 is 0 Å². The maximum Gasteiger partial charge on any atom is 0.124 e. The zero-order chi connectivity index (χ0) is 14.5. The highest BCUT2D eigenvalue weighted by Crippen LogP contribution is 2.29. The average Bonchev–Trinajstić information content (AvgIpc) is 2.45. The third-order valence-electron chi connectivity index (χ3n) is 3.62. The van der Waals surface area contributed by atoms with Crippen molar-refractivity contribution in [2.75, 3.05) is 12.4 Å². The van der Waals surface area contributed by atoms with Crippen LogP contribution in [0.2, 0.25) is 0 Å². The molecule has 2 nitrogen and oxygen atoms in total. The van der Waals surface area contributed by atoms with Crippen LogP contribution in [-0.2, 0) is 0 Å². The molecule has 0 saturated heterocycles. The molecule has 0 unspecified atom stereocenters. The van der Waals surface area contributed by atoms with Crippen LogP contribution in [0.15, 0.2) is 42.5 Å². The number of aryl methyl sites for hydroxylation is 2. The molecular formula is C18H23NO. The highest BCUT2D eigenvalue weighted by Gasteiger charge is 2.11. The van der Waals surface area contributed by atoms with E-state index < -0.39 is 0 Å². The van der Waals surface area contributed by atoms with Crippen LogP contribution in [0.3, 0.4) is 0 Å². The van der Waals surface area contributed by atoms with Gasteiger partial charge in [0.15, 0.2) is 0 Å². The maximum atomic E-state index is 5.42. The van der Waals surface area contributed by atoms with Crippen molar-refractivity contribution < 1.29 is 4.74 Å². The minimum Gasteiger partial charge on any atom is -0.496 e. The lowest BCUT2D eigenvalue weighted by Crippen LogP contribution is -2.10. The van der Waals surface area contributed by atoms with Crippen molar-refractivity contribution in [3.63, 3.8) is 0 Å². The molecule has 0 aromatic heterocycles. The summed E-state index contributed by atoms with van der Waals surface area (Å²) in [6.45, 7) is 6.37. The first-order valence-corrected chi connectivity index (χ1v) is 7.12. The fraction of sp³-hybridized carbons (Fsp3) is 0.333. The van der Waals surface area contributed by atoms with Crippen LogP contribution < -0.4 is 10.1 Å². The SMILES string of the molecule is CC[C@@H](Nc1cc(C)c(OC)c(C)c1)c1ccccc1. The molecule has 0 saturated carbocycles. The molecule has 1 N–H and O–H groups in total. The Bertz CT molecular complexity index is 540. The zero-order valence-electron chi connectivity index (χ0n) is 12.7. The number of rotatable bonds is 5. The van der Waals surface area contributed by atoms with Gasteiger partial charge in [-0.15, -0.1) is 0 Å². The van der Waals surface area contributed by atoms with Crippen molar-refractivity contribution >= 4 is 5.69 Å². The van der Waals surface area contributed by atoms with Gasteiger partial charge in [0.25, 0.3) is 0 Å². The third kappa shape index (κ3) is 3.13. The molecule has 0 heterocycles. The average molecular weight is 269 g/mol. The molecule has 2 aromatic rings. The Morgan fingerprint density at radius 1 is 1.05 bits per heavy atom. The van der Waals surface area contributed by atoms with Crippen molar-refractivity contribution in [1.29, 1.82) is 0 Å². The number of ether oxygens (including phenoxy) is 1. The molecule has 0 bridgehead atoms. The van der Waals surface area contributed by atoms with E-state index in [9.17, 15) is 0 Å². The normalized spacial score (nSPS) is 12.0. The Morgan fingerprint density at radius 3 is 2.15 bits per heavy atom. The first kappa shape index (κ1) is 14.4. The van der Waals surface area contributed by atoms with Gasteiger partial charge in [-0.05, 0) is 49.1 Å². The summed E-state index contributed by atoms with van der Waals surface area (Å²) in [6.07, 6.45) is 1.05. The quantitative estimate of drug-likeness (QED) is 0.835. The van der Waals surface area contributed by atoms with Crippen molar-refractivity contribution in [3.8, 4) is 5.75 Å². The third-order valence-corrected chi connectivity index (χ3v) is 3.62. The first-order chi connectivity index (χ1) is 9.65. The van der Waals surface area contributed by atoms with Gasteiger partial charge >= 0.3 is 0 Å². The number of hydrogen-bond donors (Lipinski definition) is 1. The molecule has 0 spiro atoms.